The van der Waals surface area contributed by atoms with Crippen LogP contribution in [-0.4, -0.2) is 0 Å². The highest BCUT2D eigenvalue weighted by molar-refractivity contribution is 6.03. The summed E-state index contributed by atoms with van der Waals surface area (Å²) in [6, 6.07) is 80.9. The molecule has 0 aliphatic heterocycles. The summed E-state index contributed by atoms with van der Waals surface area (Å²) in [5.41, 5.74) is 15.3. The molecule has 0 unspecified atom stereocenters. The van der Waals surface area contributed by atoms with Crippen molar-refractivity contribution in [3.63, 3.8) is 0 Å². The monoisotopic (exact) mass is 675 g/mol. The van der Waals surface area contributed by atoms with Crippen LogP contribution in [0.4, 0.5) is 17.1 Å². The Bertz CT molecular complexity index is 2540. The predicted octanol–water partition coefficient (Wildman–Crippen LogP) is 14.6. The average Bonchev–Trinajstić information content (AvgIpc) is 3.25. The third-order valence-corrected chi connectivity index (χ3v) is 10.1. The van der Waals surface area contributed by atoms with E-state index < -0.39 is 0 Å². The van der Waals surface area contributed by atoms with Gasteiger partial charge >= 0.3 is 0 Å². The van der Waals surface area contributed by atoms with Gasteiger partial charge in [0.15, 0.2) is 0 Å². The second kappa shape index (κ2) is 14.3. The Morgan fingerprint density at radius 2 is 0.585 bits per heavy atom. The van der Waals surface area contributed by atoms with Crippen molar-refractivity contribution in [1.82, 2.24) is 0 Å². The lowest BCUT2D eigenvalue weighted by atomic mass is 9.87. The van der Waals surface area contributed by atoms with Crippen LogP contribution in [0.5, 0.6) is 0 Å². The Hall–Kier alpha value is -6.96. The van der Waals surface area contributed by atoms with Crippen molar-refractivity contribution in [2.75, 3.05) is 4.90 Å². The minimum Gasteiger partial charge on any atom is -0.310 e. The van der Waals surface area contributed by atoms with Gasteiger partial charge in [0.1, 0.15) is 0 Å². The second-order valence-corrected chi connectivity index (χ2v) is 13.3. The van der Waals surface area contributed by atoms with Crippen molar-refractivity contribution in [2.45, 2.75) is 0 Å². The molecule has 1 nitrogen and oxygen atoms in total. The van der Waals surface area contributed by atoms with Gasteiger partial charge in [-0.2, -0.15) is 0 Å². The van der Waals surface area contributed by atoms with E-state index in [2.05, 4.69) is 229 Å². The predicted molar refractivity (Wildman–Crippen MR) is 226 cm³/mol. The molecule has 0 heterocycles. The van der Waals surface area contributed by atoms with E-state index in [0.717, 1.165) is 22.6 Å². The largest absolute Gasteiger partial charge is 0.310 e. The standard InChI is InChI=1S/C52H37N/c1-4-16-38(17-5-1)40-28-32-45(33-29-40)53(46-34-30-41(31-35-46)39-18-6-2-7-19-39)52-27-15-14-26-49(52)51-37-44-23-11-10-22-43(44)36-50(51)48-25-13-12-24-47(48)42-20-8-3-9-21-42/h1-37H. The molecule has 0 N–H and O–H groups in total. The van der Waals surface area contributed by atoms with Gasteiger partial charge in [0, 0.05) is 16.9 Å². The van der Waals surface area contributed by atoms with Gasteiger partial charge in [0.25, 0.3) is 0 Å². The highest BCUT2D eigenvalue weighted by atomic mass is 15.1. The van der Waals surface area contributed by atoms with Crippen LogP contribution in [0.3, 0.4) is 0 Å². The zero-order chi connectivity index (χ0) is 35.4. The molecular formula is C52H37N. The third kappa shape index (κ3) is 6.42. The molecule has 9 aromatic carbocycles. The Labute approximate surface area is 311 Å². The lowest BCUT2D eigenvalue weighted by Gasteiger charge is -2.29. The molecule has 9 aromatic rings. The summed E-state index contributed by atoms with van der Waals surface area (Å²) in [5, 5.41) is 2.43. The molecule has 0 saturated heterocycles. The van der Waals surface area contributed by atoms with Gasteiger partial charge in [0.05, 0.1) is 5.69 Å². The molecule has 0 saturated carbocycles. The molecule has 1 heteroatoms. The van der Waals surface area contributed by atoms with Gasteiger partial charge in [-0.05, 0) is 103 Å². The molecular weight excluding hydrogens is 639 g/mol. The number of hydrogen-bond donors (Lipinski definition) is 0. The maximum Gasteiger partial charge on any atom is 0.0540 e. The van der Waals surface area contributed by atoms with Gasteiger partial charge < -0.3 is 4.90 Å². The van der Waals surface area contributed by atoms with Gasteiger partial charge in [-0.15, -0.1) is 0 Å². The van der Waals surface area contributed by atoms with Crippen molar-refractivity contribution in [3.05, 3.63) is 224 Å². The summed E-state index contributed by atoms with van der Waals surface area (Å²) in [6.07, 6.45) is 0. The summed E-state index contributed by atoms with van der Waals surface area (Å²) in [4.78, 5) is 2.40. The Morgan fingerprint density at radius 1 is 0.226 bits per heavy atom. The molecule has 0 fully saturated rings. The van der Waals surface area contributed by atoms with Crippen LogP contribution in [0.15, 0.2) is 224 Å². The SMILES string of the molecule is c1ccc(-c2ccc(N(c3ccc(-c4ccccc4)cc3)c3ccccc3-c3cc4ccccc4cc3-c3ccccc3-c3ccccc3)cc2)cc1. The summed E-state index contributed by atoms with van der Waals surface area (Å²) < 4.78 is 0. The number of rotatable bonds is 8. The molecule has 0 atom stereocenters. The molecule has 0 bridgehead atoms. The molecule has 53 heavy (non-hydrogen) atoms. The normalized spacial score (nSPS) is 11.0. The lowest BCUT2D eigenvalue weighted by molar-refractivity contribution is 1.28. The number of para-hydroxylation sites is 1. The van der Waals surface area contributed by atoms with Crippen LogP contribution >= 0.6 is 0 Å². The van der Waals surface area contributed by atoms with Crippen LogP contribution in [0.2, 0.25) is 0 Å². The number of fused-ring (bicyclic) bond motifs is 1. The lowest BCUT2D eigenvalue weighted by Crippen LogP contribution is -2.11. The Balaban J connectivity index is 1.25. The molecule has 0 aliphatic carbocycles. The van der Waals surface area contributed by atoms with Crippen LogP contribution in [0.25, 0.3) is 66.4 Å². The maximum atomic E-state index is 2.40. The quantitative estimate of drug-likeness (QED) is 0.155. The van der Waals surface area contributed by atoms with Gasteiger partial charge in [0.2, 0.25) is 0 Å². The molecule has 0 amide bonds. The smallest absolute Gasteiger partial charge is 0.0540 e. The topological polar surface area (TPSA) is 3.24 Å². The molecule has 0 aliphatic rings. The van der Waals surface area contributed by atoms with Crippen LogP contribution in [0.1, 0.15) is 0 Å². The summed E-state index contributed by atoms with van der Waals surface area (Å²) in [6.45, 7) is 0. The minimum atomic E-state index is 1.09. The summed E-state index contributed by atoms with van der Waals surface area (Å²) >= 11 is 0. The minimum absolute atomic E-state index is 1.09. The van der Waals surface area contributed by atoms with Gasteiger partial charge in [-0.1, -0.05) is 182 Å². The van der Waals surface area contributed by atoms with E-state index in [-0.39, 0.29) is 0 Å². The van der Waals surface area contributed by atoms with Crippen molar-refractivity contribution in [1.29, 1.82) is 0 Å². The van der Waals surface area contributed by atoms with Crippen LogP contribution in [0, 0.1) is 0 Å². The first-order valence-electron chi connectivity index (χ1n) is 18.2. The molecule has 0 radical (unpaired) electrons. The number of anilines is 3. The molecule has 9 rings (SSSR count). The number of nitrogens with zero attached hydrogens (tertiary/aromatic N) is 1. The summed E-state index contributed by atoms with van der Waals surface area (Å²) in [5.74, 6) is 0. The molecule has 0 spiro atoms. The first-order chi connectivity index (χ1) is 26.3. The Kier molecular flexibility index (Phi) is 8.66. The first-order valence-corrected chi connectivity index (χ1v) is 18.2. The fourth-order valence-corrected chi connectivity index (χ4v) is 7.46. The van der Waals surface area contributed by atoms with Crippen molar-refractivity contribution in [2.24, 2.45) is 0 Å². The zero-order valence-corrected chi connectivity index (χ0v) is 29.3. The fourth-order valence-electron chi connectivity index (χ4n) is 7.46. The Morgan fingerprint density at radius 3 is 1.09 bits per heavy atom. The van der Waals surface area contributed by atoms with Crippen LogP contribution in [-0.2, 0) is 0 Å². The maximum absolute atomic E-state index is 2.40. The van der Waals surface area contributed by atoms with Gasteiger partial charge in [-0.25, -0.2) is 0 Å². The van der Waals surface area contributed by atoms with Crippen molar-refractivity contribution in [3.8, 4) is 55.6 Å². The van der Waals surface area contributed by atoms with E-state index in [4.69, 9.17) is 0 Å². The molecule has 250 valence electrons. The first kappa shape index (κ1) is 32.0. The highest BCUT2D eigenvalue weighted by Crippen LogP contribution is 2.46. The number of hydrogen-bond acceptors (Lipinski definition) is 1. The second-order valence-electron chi connectivity index (χ2n) is 13.3. The third-order valence-electron chi connectivity index (χ3n) is 10.1. The van der Waals surface area contributed by atoms with E-state index in [0.29, 0.717) is 0 Å². The van der Waals surface area contributed by atoms with Crippen molar-refractivity contribution < 1.29 is 0 Å². The molecule has 0 aromatic heterocycles. The van der Waals surface area contributed by atoms with E-state index >= 15 is 0 Å². The van der Waals surface area contributed by atoms with E-state index in [9.17, 15) is 0 Å². The number of benzene rings is 9. The average molecular weight is 676 g/mol. The van der Waals surface area contributed by atoms with Gasteiger partial charge in [-0.3, -0.25) is 0 Å². The zero-order valence-electron chi connectivity index (χ0n) is 29.3. The summed E-state index contributed by atoms with van der Waals surface area (Å²) in [7, 11) is 0. The van der Waals surface area contributed by atoms with Crippen molar-refractivity contribution >= 4 is 27.8 Å². The van der Waals surface area contributed by atoms with E-state index in [1.807, 2.05) is 0 Å². The van der Waals surface area contributed by atoms with Crippen LogP contribution < -0.4 is 4.90 Å². The highest BCUT2D eigenvalue weighted by Gasteiger charge is 2.21. The van der Waals surface area contributed by atoms with E-state index in [1.165, 1.54) is 60.8 Å². The van der Waals surface area contributed by atoms with E-state index in [1.54, 1.807) is 0 Å². The fraction of sp³-hybridized carbons (Fsp3) is 0.